The smallest absolute Gasteiger partial charge is 0.148 e. The van der Waals surface area contributed by atoms with E-state index in [1.165, 1.54) is 0 Å². The number of benzene rings is 1. The molecule has 0 bridgehead atoms. The van der Waals surface area contributed by atoms with Crippen molar-refractivity contribution in [1.29, 1.82) is 0 Å². The first kappa shape index (κ1) is 11.6. The Bertz CT molecular complexity index is 695. The maximum Gasteiger partial charge on any atom is 0.148 e. The van der Waals surface area contributed by atoms with Crippen molar-refractivity contribution in [3.8, 4) is 0 Å². The molecule has 0 fully saturated rings. The van der Waals surface area contributed by atoms with Crippen molar-refractivity contribution in [3.63, 3.8) is 0 Å². The Morgan fingerprint density at radius 1 is 0.947 bits per heavy atom. The van der Waals surface area contributed by atoms with Gasteiger partial charge in [0.25, 0.3) is 0 Å². The lowest BCUT2D eigenvalue weighted by molar-refractivity contribution is 1.02. The molecule has 4 heteroatoms. The van der Waals surface area contributed by atoms with Crippen molar-refractivity contribution in [2.75, 3.05) is 5.32 Å². The van der Waals surface area contributed by atoms with Crippen LogP contribution >= 0.6 is 0 Å². The van der Waals surface area contributed by atoms with Crippen LogP contribution in [0.25, 0.3) is 11.0 Å². The Balaban J connectivity index is 1.86. The van der Waals surface area contributed by atoms with Gasteiger partial charge in [-0.15, -0.1) is 0 Å². The van der Waals surface area contributed by atoms with Crippen LogP contribution in [0.2, 0.25) is 0 Å². The maximum absolute atomic E-state index is 4.59. The first-order valence-corrected chi connectivity index (χ1v) is 6.20. The van der Waals surface area contributed by atoms with Gasteiger partial charge in [0.15, 0.2) is 0 Å². The summed E-state index contributed by atoms with van der Waals surface area (Å²) in [4.78, 5) is 13.4. The predicted molar refractivity (Wildman–Crippen MR) is 75.8 cm³/mol. The molecule has 4 nitrogen and oxygen atoms in total. The van der Waals surface area contributed by atoms with E-state index < -0.39 is 0 Å². The SMILES string of the molecule is Cc1nc2ccccc2nc1NCc1ccccn1. The third-order valence-corrected chi connectivity index (χ3v) is 2.91. The molecular weight excluding hydrogens is 236 g/mol. The quantitative estimate of drug-likeness (QED) is 0.776. The van der Waals surface area contributed by atoms with E-state index in [0.717, 1.165) is 28.2 Å². The molecule has 3 rings (SSSR count). The number of nitrogens with one attached hydrogen (secondary N) is 1. The average molecular weight is 250 g/mol. The summed E-state index contributed by atoms with van der Waals surface area (Å²) < 4.78 is 0. The maximum atomic E-state index is 4.59. The standard InChI is InChI=1S/C15H14N4/c1-11-15(17-10-12-6-4-5-9-16-12)19-14-8-3-2-7-13(14)18-11/h2-9H,10H2,1H3,(H,17,19). The second-order valence-corrected chi connectivity index (χ2v) is 4.32. The highest BCUT2D eigenvalue weighted by Gasteiger charge is 2.04. The molecule has 0 aliphatic heterocycles. The van der Waals surface area contributed by atoms with Crippen molar-refractivity contribution in [1.82, 2.24) is 15.0 Å². The Kier molecular flexibility index (Phi) is 3.06. The zero-order valence-electron chi connectivity index (χ0n) is 10.7. The second-order valence-electron chi connectivity index (χ2n) is 4.32. The van der Waals surface area contributed by atoms with E-state index in [4.69, 9.17) is 0 Å². The Hall–Kier alpha value is -2.49. The van der Waals surface area contributed by atoms with Crippen molar-refractivity contribution < 1.29 is 0 Å². The van der Waals surface area contributed by atoms with Gasteiger partial charge in [0, 0.05) is 6.20 Å². The predicted octanol–water partition coefficient (Wildman–Crippen LogP) is 2.95. The third kappa shape index (κ3) is 2.52. The molecule has 0 radical (unpaired) electrons. The van der Waals surface area contributed by atoms with E-state index in [0.29, 0.717) is 6.54 Å². The molecule has 0 aliphatic carbocycles. The number of rotatable bonds is 3. The second kappa shape index (κ2) is 5.02. The first-order valence-electron chi connectivity index (χ1n) is 6.20. The minimum atomic E-state index is 0.648. The highest BCUT2D eigenvalue weighted by atomic mass is 15.0. The minimum Gasteiger partial charge on any atom is -0.363 e. The van der Waals surface area contributed by atoms with Crippen LogP contribution in [-0.2, 0) is 6.54 Å². The summed E-state index contributed by atoms with van der Waals surface area (Å²) in [5.74, 6) is 0.810. The van der Waals surface area contributed by atoms with E-state index in [-0.39, 0.29) is 0 Å². The van der Waals surface area contributed by atoms with Gasteiger partial charge < -0.3 is 5.32 Å². The molecule has 0 amide bonds. The number of pyridine rings is 1. The molecule has 1 aromatic carbocycles. The highest BCUT2D eigenvalue weighted by Crippen LogP contribution is 2.16. The van der Waals surface area contributed by atoms with Gasteiger partial charge in [-0.1, -0.05) is 18.2 Å². The van der Waals surface area contributed by atoms with Gasteiger partial charge in [0.05, 0.1) is 29.0 Å². The zero-order valence-corrected chi connectivity index (χ0v) is 10.7. The molecule has 2 heterocycles. The van der Waals surface area contributed by atoms with Crippen molar-refractivity contribution >= 4 is 16.9 Å². The molecule has 0 saturated carbocycles. The number of nitrogens with zero attached hydrogens (tertiary/aromatic N) is 3. The van der Waals surface area contributed by atoms with E-state index >= 15 is 0 Å². The number of hydrogen-bond donors (Lipinski definition) is 1. The Labute approximate surface area is 111 Å². The van der Waals surface area contributed by atoms with Gasteiger partial charge >= 0.3 is 0 Å². The molecule has 0 saturated heterocycles. The zero-order chi connectivity index (χ0) is 13.1. The normalized spacial score (nSPS) is 10.6. The molecule has 0 spiro atoms. The number of aryl methyl sites for hydroxylation is 1. The fourth-order valence-corrected chi connectivity index (χ4v) is 1.93. The van der Waals surface area contributed by atoms with E-state index in [1.807, 2.05) is 49.4 Å². The summed E-state index contributed by atoms with van der Waals surface area (Å²) in [6, 6.07) is 13.7. The van der Waals surface area contributed by atoms with E-state index in [9.17, 15) is 0 Å². The molecule has 19 heavy (non-hydrogen) atoms. The molecule has 3 aromatic rings. The van der Waals surface area contributed by atoms with Crippen LogP contribution in [0, 0.1) is 6.92 Å². The van der Waals surface area contributed by atoms with Crippen LogP contribution in [0.5, 0.6) is 0 Å². The molecule has 94 valence electrons. The number of aromatic nitrogens is 3. The van der Waals surface area contributed by atoms with Crippen LogP contribution in [-0.4, -0.2) is 15.0 Å². The number of fused-ring (bicyclic) bond motifs is 1. The van der Waals surface area contributed by atoms with Crippen LogP contribution < -0.4 is 5.32 Å². The monoisotopic (exact) mass is 250 g/mol. The molecular formula is C15H14N4. The van der Waals surface area contributed by atoms with Crippen LogP contribution in [0.3, 0.4) is 0 Å². The van der Waals surface area contributed by atoms with Gasteiger partial charge in [-0.3, -0.25) is 4.98 Å². The van der Waals surface area contributed by atoms with Crippen LogP contribution in [0.4, 0.5) is 5.82 Å². The summed E-state index contributed by atoms with van der Waals surface area (Å²) in [6.07, 6.45) is 1.79. The summed E-state index contributed by atoms with van der Waals surface area (Å²) in [7, 11) is 0. The lowest BCUT2D eigenvalue weighted by atomic mass is 10.3. The molecule has 0 atom stereocenters. The van der Waals surface area contributed by atoms with Gasteiger partial charge in [-0.05, 0) is 31.2 Å². The molecule has 0 aliphatic rings. The topological polar surface area (TPSA) is 50.7 Å². The molecule has 1 N–H and O–H groups in total. The van der Waals surface area contributed by atoms with Crippen molar-refractivity contribution in [2.45, 2.75) is 13.5 Å². The number of hydrogen-bond acceptors (Lipinski definition) is 4. The van der Waals surface area contributed by atoms with Gasteiger partial charge in [0.2, 0.25) is 0 Å². The fourth-order valence-electron chi connectivity index (χ4n) is 1.93. The first-order chi connectivity index (χ1) is 9.33. The van der Waals surface area contributed by atoms with Crippen LogP contribution in [0.15, 0.2) is 48.7 Å². The summed E-state index contributed by atoms with van der Waals surface area (Å²) in [5.41, 5.74) is 3.70. The van der Waals surface area contributed by atoms with Crippen molar-refractivity contribution in [3.05, 3.63) is 60.0 Å². The Morgan fingerprint density at radius 3 is 2.42 bits per heavy atom. The minimum absolute atomic E-state index is 0.648. The largest absolute Gasteiger partial charge is 0.363 e. The molecule has 2 aromatic heterocycles. The fraction of sp³-hybridized carbons (Fsp3) is 0.133. The summed E-state index contributed by atoms with van der Waals surface area (Å²) in [5, 5.41) is 3.29. The lowest BCUT2D eigenvalue weighted by Crippen LogP contribution is -2.05. The molecule has 0 unspecified atom stereocenters. The van der Waals surface area contributed by atoms with Gasteiger partial charge in [-0.25, -0.2) is 9.97 Å². The van der Waals surface area contributed by atoms with Crippen molar-refractivity contribution in [2.24, 2.45) is 0 Å². The summed E-state index contributed by atoms with van der Waals surface area (Å²) in [6.45, 7) is 2.61. The van der Waals surface area contributed by atoms with E-state index in [1.54, 1.807) is 6.20 Å². The van der Waals surface area contributed by atoms with Crippen LogP contribution in [0.1, 0.15) is 11.4 Å². The number of anilines is 1. The number of para-hydroxylation sites is 2. The average Bonchev–Trinajstić information content (AvgIpc) is 2.46. The van der Waals surface area contributed by atoms with Gasteiger partial charge in [0.1, 0.15) is 5.82 Å². The third-order valence-electron chi connectivity index (χ3n) is 2.91. The summed E-state index contributed by atoms with van der Waals surface area (Å²) >= 11 is 0. The van der Waals surface area contributed by atoms with Gasteiger partial charge in [-0.2, -0.15) is 0 Å². The van der Waals surface area contributed by atoms with E-state index in [2.05, 4.69) is 20.3 Å². The lowest BCUT2D eigenvalue weighted by Gasteiger charge is -2.08. The highest BCUT2D eigenvalue weighted by molar-refractivity contribution is 5.76. The Morgan fingerprint density at radius 2 is 1.68 bits per heavy atom.